The third kappa shape index (κ3) is 4.21. The van der Waals surface area contributed by atoms with E-state index in [1.165, 1.54) is 13.3 Å². The zero-order chi connectivity index (χ0) is 20.4. The molecule has 1 saturated carbocycles. The number of fused-ring (bicyclic) bond motifs is 1. The van der Waals surface area contributed by atoms with E-state index in [9.17, 15) is 9.59 Å². The van der Waals surface area contributed by atoms with Crippen LogP contribution in [0.3, 0.4) is 0 Å². The number of hydrogen-bond acceptors (Lipinski definition) is 5. The highest BCUT2D eigenvalue weighted by atomic mass is 16.7. The van der Waals surface area contributed by atoms with Crippen molar-refractivity contribution in [2.24, 2.45) is 0 Å². The Labute approximate surface area is 170 Å². The quantitative estimate of drug-likeness (QED) is 0.715. The Bertz CT molecular complexity index is 934. The molecule has 6 heteroatoms. The molecule has 0 aromatic heterocycles. The summed E-state index contributed by atoms with van der Waals surface area (Å²) in [6.45, 7) is 3.29. The molecule has 4 rings (SSSR count). The van der Waals surface area contributed by atoms with E-state index in [2.05, 4.69) is 10.6 Å². The third-order valence-corrected chi connectivity index (χ3v) is 5.46. The highest BCUT2D eigenvalue weighted by molar-refractivity contribution is 5.99. The first-order chi connectivity index (χ1) is 13.9. The predicted octanol–water partition coefficient (Wildman–Crippen LogP) is 4.76. The van der Waals surface area contributed by atoms with Crippen molar-refractivity contribution in [3.8, 4) is 11.5 Å². The Balaban J connectivity index is 1.40. The van der Waals surface area contributed by atoms with Gasteiger partial charge in [-0.3, -0.25) is 9.59 Å². The molecule has 152 valence electrons. The molecule has 1 spiro atoms. The topological polar surface area (TPSA) is 76.7 Å². The van der Waals surface area contributed by atoms with Gasteiger partial charge in [-0.1, -0.05) is 18.6 Å². The van der Waals surface area contributed by atoms with E-state index in [1.54, 1.807) is 31.2 Å². The van der Waals surface area contributed by atoms with Crippen molar-refractivity contribution in [3.63, 3.8) is 0 Å². The van der Waals surface area contributed by atoms with Gasteiger partial charge in [0.25, 0.3) is 5.79 Å². The molecule has 1 aliphatic carbocycles. The first-order valence-corrected chi connectivity index (χ1v) is 10.1. The monoisotopic (exact) mass is 394 g/mol. The van der Waals surface area contributed by atoms with E-state index < -0.39 is 11.8 Å². The van der Waals surface area contributed by atoms with Gasteiger partial charge in [0.05, 0.1) is 0 Å². The minimum Gasteiger partial charge on any atom is -0.448 e. The van der Waals surface area contributed by atoms with Gasteiger partial charge in [0.2, 0.25) is 5.91 Å². The van der Waals surface area contributed by atoms with E-state index in [1.807, 2.05) is 18.2 Å². The van der Waals surface area contributed by atoms with Gasteiger partial charge in [-0.05, 0) is 51.0 Å². The van der Waals surface area contributed by atoms with Crippen LogP contribution >= 0.6 is 0 Å². The average Bonchev–Trinajstić information content (AvgIpc) is 3.05. The Hall–Kier alpha value is -3.02. The van der Waals surface area contributed by atoms with Gasteiger partial charge in [0.1, 0.15) is 6.04 Å². The summed E-state index contributed by atoms with van der Waals surface area (Å²) < 4.78 is 12.3. The Morgan fingerprint density at radius 1 is 0.966 bits per heavy atom. The van der Waals surface area contributed by atoms with E-state index in [-0.39, 0.29) is 11.7 Å². The lowest BCUT2D eigenvalue weighted by atomic mass is 9.94. The zero-order valence-corrected chi connectivity index (χ0v) is 16.8. The second kappa shape index (κ2) is 7.78. The first-order valence-electron chi connectivity index (χ1n) is 10.1. The van der Waals surface area contributed by atoms with Crippen molar-refractivity contribution in [3.05, 3.63) is 48.0 Å². The smallest absolute Gasteiger partial charge is 0.251 e. The lowest BCUT2D eigenvalue weighted by Gasteiger charge is -2.31. The van der Waals surface area contributed by atoms with E-state index in [0.717, 1.165) is 42.9 Å². The minimum absolute atomic E-state index is 0.0385. The van der Waals surface area contributed by atoms with Crippen molar-refractivity contribution < 1.29 is 19.1 Å². The maximum absolute atomic E-state index is 12.6. The number of rotatable bonds is 5. The fourth-order valence-corrected chi connectivity index (χ4v) is 3.86. The van der Waals surface area contributed by atoms with Crippen molar-refractivity contribution in [2.45, 2.75) is 57.8 Å². The van der Waals surface area contributed by atoms with Crippen LogP contribution in [0.1, 0.15) is 56.3 Å². The van der Waals surface area contributed by atoms with Gasteiger partial charge < -0.3 is 20.1 Å². The molecular formula is C23H26N2O4. The largest absolute Gasteiger partial charge is 0.448 e. The molecule has 2 N–H and O–H groups in total. The van der Waals surface area contributed by atoms with E-state index >= 15 is 0 Å². The molecule has 29 heavy (non-hydrogen) atoms. The van der Waals surface area contributed by atoms with Crippen LogP contribution in [0.5, 0.6) is 11.5 Å². The number of hydrogen-bond donors (Lipinski definition) is 2. The molecule has 1 heterocycles. The van der Waals surface area contributed by atoms with Crippen LogP contribution in [0.2, 0.25) is 0 Å². The standard InChI is InChI=1S/C23H26N2O4/c1-15(22(27)25-18-8-6-7-17(13-18)16(2)26)24-19-9-10-20-21(14-19)29-23(28-20)11-4-3-5-12-23/h6-10,13-15,24H,3-5,11-12H2,1-2H3,(H,25,27). The second-order valence-electron chi connectivity index (χ2n) is 7.83. The minimum atomic E-state index is -0.510. The molecule has 0 bridgehead atoms. The fourth-order valence-electron chi connectivity index (χ4n) is 3.86. The molecule has 2 aliphatic rings. The lowest BCUT2D eigenvalue weighted by Crippen LogP contribution is -2.40. The number of carbonyl (C=O) groups excluding carboxylic acids is 2. The Kier molecular flexibility index (Phi) is 5.18. The van der Waals surface area contributed by atoms with Crippen molar-refractivity contribution in [1.82, 2.24) is 0 Å². The molecule has 1 fully saturated rings. The van der Waals surface area contributed by atoms with Crippen LogP contribution in [-0.2, 0) is 4.79 Å². The number of anilines is 2. The molecule has 1 atom stereocenters. The number of ketones is 1. The lowest BCUT2D eigenvalue weighted by molar-refractivity contribution is -0.116. The summed E-state index contributed by atoms with van der Waals surface area (Å²) in [5.74, 6) is 0.744. The molecule has 0 saturated heterocycles. The number of amides is 1. The molecule has 2 aromatic rings. The summed E-state index contributed by atoms with van der Waals surface area (Å²) in [4.78, 5) is 24.1. The first kappa shape index (κ1) is 19.3. The number of ether oxygens (including phenoxy) is 2. The van der Waals surface area contributed by atoms with Gasteiger partial charge >= 0.3 is 0 Å². The highest BCUT2D eigenvalue weighted by Crippen LogP contribution is 2.46. The van der Waals surface area contributed by atoms with Gasteiger partial charge in [0, 0.05) is 35.8 Å². The third-order valence-electron chi connectivity index (χ3n) is 5.46. The Morgan fingerprint density at radius 3 is 2.48 bits per heavy atom. The summed E-state index contributed by atoms with van der Waals surface area (Å²) in [6, 6.07) is 12.1. The summed E-state index contributed by atoms with van der Waals surface area (Å²) >= 11 is 0. The summed E-state index contributed by atoms with van der Waals surface area (Å²) in [6.07, 6.45) is 5.26. The second-order valence-corrected chi connectivity index (χ2v) is 7.83. The van der Waals surface area contributed by atoms with Crippen LogP contribution in [0.15, 0.2) is 42.5 Å². The summed E-state index contributed by atoms with van der Waals surface area (Å²) in [7, 11) is 0. The van der Waals surface area contributed by atoms with Gasteiger partial charge in [-0.15, -0.1) is 0 Å². The van der Waals surface area contributed by atoms with Crippen LogP contribution in [0.25, 0.3) is 0 Å². The SMILES string of the molecule is CC(=O)c1cccc(NC(=O)C(C)Nc2ccc3c(c2)OC2(CCCCC2)O3)c1. The van der Waals surface area contributed by atoms with Gasteiger partial charge in [-0.2, -0.15) is 0 Å². The molecule has 1 amide bonds. The summed E-state index contributed by atoms with van der Waals surface area (Å²) in [5.41, 5.74) is 1.96. The van der Waals surface area contributed by atoms with Crippen molar-refractivity contribution >= 4 is 23.1 Å². The zero-order valence-electron chi connectivity index (χ0n) is 16.8. The van der Waals surface area contributed by atoms with E-state index in [0.29, 0.717) is 11.3 Å². The van der Waals surface area contributed by atoms with Crippen LogP contribution < -0.4 is 20.1 Å². The molecular weight excluding hydrogens is 368 g/mol. The van der Waals surface area contributed by atoms with Crippen molar-refractivity contribution in [1.29, 1.82) is 0 Å². The van der Waals surface area contributed by atoms with Gasteiger partial charge in [0.15, 0.2) is 17.3 Å². The number of carbonyl (C=O) groups is 2. The van der Waals surface area contributed by atoms with Crippen LogP contribution in [0, 0.1) is 0 Å². The van der Waals surface area contributed by atoms with Crippen LogP contribution in [-0.4, -0.2) is 23.5 Å². The predicted molar refractivity (Wildman–Crippen MR) is 112 cm³/mol. The number of benzene rings is 2. The molecule has 0 radical (unpaired) electrons. The van der Waals surface area contributed by atoms with Gasteiger partial charge in [-0.25, -0.2) is 0 Å². The summed E-state index contributed by atoms with van der Waals surface area (Å²) in [5, 5.41) is 6.05. The van der Waals surface area contributed by atoms with Crippen molar-refractivity contribution in [2.75, 3.05) is 10.6 Å². The number of nitrogens with one attached hydrogen (secondary N) is 2. The molecule has 6 nitrogen and oxygen atoms in total. The average molecular weight is 394 g/mol. The molecule has 1 aliphatic heterocycles. The fraction of sp³-hybridized carbons (Fsp3) is 0.391. The maximum Gasteiger partial charge on any atom is 0.251 e. The Morgan fingerprint density at radius 2 is 1.72 bits per heavy atom. The van der Waals surface area contributed by atoms with E-state index in [4.69, 9.17) is 9.47 Å². The maximum atomic E-state index is 12.6. The highest BCUT2D eigenvalue weighted by Gasteiger charge is 2.42. The normalized spacial score (nSPS) is 17.6. The van der Waals surface area contributed by atoms with Crippen LogP contribution in [0.4, 0.5) is 11.4 Å². The number of Topliss-reactive ketones (excluding diaryl/α,β-unsaturated/α-hetero) is 1. The molecule has 1 unspecified atom stereocenters. The molecule has 2 aromatic carbocycles.